The highest BCUT2D eigenvalue weighted by Gasteiger charge is 2.42. The number of nitrogens with zero attached hydrogens (tertiary/aromatic N) is 1. The number of hydrogen-bond acceptors (Lipinski definition) is 4. The molecule has 1 heterocycles. The number of ether oxygens (including phenoxy) is 3. The zero-order valence-electron chi connectivity index (χ0n) is 21.0. The second kappa shape index (κ2) is 12.5. The van der Waals surface area contributed by atoms with E-state index in [0.29, 0.717) is 34.7 Å². The van der Waals surface area contributed by atoms with E-state index in [1.807, 2.05) is 66.4 Å². The number of morpholine rings is 1. The van der Waals surface area contributed by atoms with Crippen molar-refractivity contribution in [2.24, 2.45) is 0 Å². The van der Waals surface area contributed by atoms with Gasteiger partial charge < -0.3 is 19.1 Å². The van der Waals surface area contributed by atoms with Gasteiger partial charge in [0.05, 0.1) is 32.4 Å². The number of aryl methyl sites for hydroxylation is 1. The SMILES string of the molecule is CC[C@@H](COCc1ccc(C)c(OC)c1)N1C(=O)CO[C@H](c2cc(Cl)cc(Cl)c2)C1c1ccc(Cl)cc1. The molecule has 0 aromatic heterocycles. The van der Waals surface area contributed by atoms with Crippen LogP contribution in [-0.2, 0) is 20.9 Å². The fraction of sp³-hybridized carbons (Fsp3) is 0.345. The fourth-order valence-electron chi connectivity index (χ4n) is 4.73. The molecule has 5 nitrogen and oxygen atoms in total. The van der Waals surface area contributed by atoms with Gasteiger partial charge in [-0.3, -0.25) is 4.79 Å². The van der Waals surface area contributed by atoms with Crippen LogP contribution in [0.15, 0.2) is 60.7 Å². The monoisotopic (exact) mass is 561 g/mol. The molecule has 3 aromatic carbocycles. The molecule has 1 amide bonds. The molecule has 196 valence electrons. The lowest BCUT2D eigenvalue weighted by Gasteiger charge is -2.45. The summed E-state index contributed by atoms with van der Waals surface area (Å²) in [7, 11) is 1.66. The molecule has 1 aliphatic rings. The van der Waals surface area contributed by atoms with Crippen LogP contribution in [-0.4, -0.2) is 37.2 Å². The lowest BCUT2D eigenvalue weighted by molar-refractivity contribution is -0.166. The van der Waals surface area contributed by atoms with E-state index in [9.17, 15) is 4.79 Å². The lowest BCUT2D eigenvalue weighted by atomic mass is 9.91. The van der Waals surface area contributed by atoms with Crippen LogP contribution >= 0.6 is 34.8 Å². The maximum absolute atomic E-state index is 13.4. The van der Waals surface area contributed by atoms with Crippen molar-refractivity contribution in [3.63, 3.8) is 0 Å². The Bertz CT molecular complexity index is 1210. The number of carbonyl (C=O) groups excluding carboxylic acids is 1. The molecule has 1 unspecified atom stereocenters. The van der Waals surface area contributed by atoms with Crippen molar-refractivity contribution in [3.05, 3.63) is 98.0 Å². The maximum Gasteiger partial charge on any atom is 0.249 e. The number of methoxy groups -OCH3 is 1. The van der Waals surface area contributed by atoms with E-state index < -0.39 is 12.1 Å². The summed E-state index contributed by atoms with van der Waals surface area (Å²) in [5, 5.41) is 1.63. The zero-order chi connectivity index (χ0) is 26.5. The van der Waals surface area contributed by atoms with Crippen molar-refractivity contribution in [1.29, 1.82) is 0 Å². The van der Waals surface area contributed by atoms with Crippen molar-refractivity contribution >= 4 is 40.7 Å². The van der Waals surface area contributed by atoms with Crippen LogP contribution in [0.25, 0.3) is 0 Å². The highest BCUT2D eigenvalue weighted by molar-refractivity contribution is 6.34. The van der Waals surface area contributed by atoms with E-state index in [1.165, 1.54) is 0 Å². The van der Waals surface area contributed by atoms with Gasteiger partial charge >= 0.3 is 0 Å². The van der Waals surface area contributed by atoms with Gasteiger partial charge in [-0.05, 0) is 72.0 Å². The summed E-state index contributed by atoms with van der Waals surface area (Å²) in [6, 6.07) is 18.2. The van der Waals surface area contributed by atoms with Crippen molar-refractivity contribution in [2.75, 3.05) is 20.3 Å². The second-order valence-corrected chi connectivity index (χ2v) is 10.4. The van der Waals surface area contributed by atoms with Gasteiger partial charge in [-0.1, -0.05) is 66.0 Å². The molecule has 1 aliphatic heterocycles. The smallest absolute Gasteiger partial charge is 0.249 e. The van der Waals surface area contributed by atoms with Gasteiger partial charge in [0, 0.05) is 15.1 Å². The molecule has 4 rings (SSSR count). The van der Waals surface area contributed by atoms with Gasteiger partial charge in [0.2, 0.25) is 5.91 Å². The molecule has 0 radical (unpaired) electrons. The highest BCUT2D eigenvalue weighted by atomic mass is 35.5. The molecule has 8 heteroatoms. The van der Waals surface area contributed by atoms with E-state index in [2.05, 4.69) is 6.92 Å². The minimum absolute atomic E-state index is 0.0510. The molecular weight excluding hydrogens is 533 g/mol. The largest absolute Gasteiger partial charge is 0.496 e. The summed E-state index contributed by atoms with van der Waals surface area (Å²) in [6.45, 7) is 4.78. The number of benzene rings is 3. The Morgan fingerprint density at radius 2 is 1.68 bits per heavy atom. The van der Waals surface area contributed by atoms with Crippen LogP contribution in [0.1, 0.15) is 47.7 Å². The Morgan fingerprint density at radius 1 is 0.973 bits per heavy atom. The van der Waals surface area contributed by atoms with Gasteiger partial charge in [-0.2, -0.15) is 0 Å². The summed E-state index contributed by atoms with van der Waals surface area (Å²) in [5.41, 5.74) is 3.78. The first-order valence-electron chi connectivity index (χ1n) is 12.2. The van der Waals surface area contributed by atoms with Crippen LogP contribution in [0.2, 0.25) is 15.1 Å². The van der Waals surface area contributed by atoms with Gasteiger partial charge in [-0.15, -0.1) is 0 Å². The van der Waals surface area contributed by atoms with Crippen molar-refractivity contribution in [1.82, 2.24) is 4.90 Å². The molecule has 0 bridgehead atoms. The Hall–Kier alpha value is -2.28. The standard InChI is InChI=1S/C29H30Cl3NO4/c1-4-25(16-36-15-19-6-5-18(2)26(11-19)35-3)33-27(34)17-37-29(21-12-23(31)14-24(32)13-21)28(33)20-7-9-22(30)10-8-20/h5-14,25,28-29H,4,15-17H2,1-3H3/t25-,28?,29+/m0/s1. The Morgan fingerprint density at radius 3 is 2.32 bits per heavy atom. The number of amides is 1. The minimum atomic E-state index is -0.467. The third-order valence-electron chi connectivity index (χ3n) is 6.60. The topological polar surface area (TPSA) is 48.0 Å². The van der Waals surface area contributed by atoms with Gasteiger partial charge in [0.1, 0.15) is 18.5 Å². The molecule has 1 saturated heterocycles. The van der Waals surface area contributed by atoms with Crippen LogP contribution in [0.4, 0.5) is 0 Å². The highest BCUT2D eigenvalue weighted by Crippen LogP contribution is 2.43. The molecule has 0 aliphatic carbocycles. The number of halogens is 3. The predicted octanol–water partition coefficient (Wildman–Crippen LogP) is 7.60. The first-order valence-corrected chi connectivity index (χ1v) is 13.3. The normalized spacial score (nSPS) is 18.6. The number of carbonyl (C=O) groups is 1. The van der Waals surface area contributed by atoms with Crippen molar-refractivity contribution in [3.8, 4) is 5.75 Å². The molecular formula is C29H30Cl3NO4. The first kappa shape index (κ1) is 27.7. The summed E-state index contributed by atoms with van der Waals surface area (Å²) in [4.78, 5) is 15.3. The second-order valence-electron chi connectivity index (χ2n) is 9.11. The molecule has 0 saturated carbocycles. The fourth-order valence-corrected chi connectivity index (χ4v) is 5.40. The molecule has 37 heavy (non-hydrogen) atoms. The maximum atomic E-state index is 13.4. The molecule has 3 aromatic rings. The molecule has 3 atom stereocenters. The van der Waals surface area contributed by atoms with Gasteiger partial charge in [0.25, 0.3) is 0 Å². The summed E-state index contributed by atoms with van der Waals surface area (Å²) in [6.07, 6.45) is 0.237. The Kier molecular flexibility index (Phi) is 9.38. The Labute approximate surface area is 233 Å². The van der Waals surface area contributed by atoms with Crippen LogP contribution in [0.5, 0.6) is 5.75 Å². The third-order valence-corrected chi connectivity index (χ3v) is 7.29. The van der Waals surface area contributed by atoms with Crippen LogP contribution in [0, 0.1) is 6.92 Å². The van der Waals surface area contributed by atoms with E-state index in [4.69, 9.17) is 49.0 Å². The van der Waals surface area contributed by atoms with Gasteiger partial charge in [0.15, 0.2) is 0 Å². The molecule has 0 spiro atoms. The van der Waals surface area contributed by atoms with E-state index in [1.54, 1.807) is 13.2 Å². The molecule has 0 N–H and O–H groups in total. The van der Waals surface area contributed by atoms with Crippen LogP contribution < -0.4 is 4.74 Å². The zero-order valence-corrected chi connectivity index (χ0v) is 23.3. The minimum Gasteiger partial charge on any atom is -0.496 e. The van der Waals surface area contributed by atoms with E-state index >= 15 is 0 Å². The quantitative estimate of drug-likeness (QED) is 0.269. The van der Waals surface area contributed by atoms with E-state index in [0.717, 1.165) is 28.0 Å². The predicted molar refractivity (Wildman–Crippen MR) is 148 cm³/mol. The Balaban J connectivity index is 1.63. The molecule has 1 fully saturated rings. The number of rotatable bonds is 9. The lowest BCUT2D eigenvalue weighted by Crippen LogP contribution is -2.52. The number of hydrogen-bond donors (Lipinski definition) is 0. The van der Waals surface area contributed by atoms with Gasteiger partial charge in [-0.25, -0.2) is 0 Å². The third kappa shape index (κ3) is 6.60. The van der Waals surface area contributed by atoms with E-state index in [-0.39, 0.29) is 18.6 Å². The average Bonchev–Trinajstić information content (AvgIpc) is 2.87. The summed E-state index contributed by atoms with van der Waals surface area (Å²) in [5.74, 6) is 0.721. The summed E-state index contributed by atoms with van der Waals surface area (Å²) < 4.78 is 17.7. The van der Waals surface area contributed by atoms with Crippen molar-refractivity contribution in [2.45, 2.75) is 45.1 Å². The first-order chi connectivity index (χ1) is 17.8. The summed E-state index contributed by atoms with van der Waals surface area (Å²) >= 11 is 18.8. The van der Waals surface area contributed by atoms with Crippen molar-refractivity contribution < 1.29 is 19.0 Å². The average molecular weight is 563 g/mol. The van der Waals surface area contributed by atoms with Crippen LogP contribution in [0.3, 0.4) is 0 Å².